The van der Waals surface area contributed by atoms with E-state index >= 15 is 0 Å². The van der Waals surface area contributed by atoms with E-state index in [1.54, 1.807) is 37.4 Å². The summed E-state index contributed by atoms with van der Waals surface area (Å²) in [5.74, 6) is -0.645. The van der Waals surface area contributed by atoms with Gasteiger partial charge in [-0.15, -0.1) is 0 Å². The molecule has 4 rings (SSSR count). The molecule has 10 heteroatoms. The quantitative estimate of drug-likeness (QED) is 0.292. The van der Waals surface area contributed by atoms with Crippen molar-refractivity contribution in [2.45, 2.75) is 13.0 Å². The van der Waals surface area contributed by atoms with Gasteiger partial charge in [0.1, 0.15) is 11.9 Å². The van der Waals surface area contributed by atoms with Crippen LogP contribution in [0.25, 0.3) is 22.1 Å². The Kier molecular flexibility index (Phi) is 6.92. The first-order chi connectivity index (χ1) is 16.3. The van der Waals surface area contributed by atoms with Gasteiger partial charge in [0.25, 0.3) is 5.91 Å². The molecule has 0 saturated carbocycles. The first kappa shape index (κ1) is 23.8. The Morgan fingerprint density at radius 2 is 2.00 bits per heavy atom. The number of nitrogen functional groups attached to an aromatic ring is 1. The van der Waals surface area contributed by atoms with Gasteiger partial charge in [-0.3, -0.25) is 4.79 Å². The molecule has 0 saturated heterocycles. The smallest absolute Gasteiger partial charge is 0.251 e. The van der Waals surface area contributed by atoms with Crippen LogP contribution in [0.3, 0.4) is 0 Å². The highest BCUT2D eigenvalue weighted by atomic mass is 35.5. The normalized spacial score (nSPS) is 12.0. The molecule has 0 bridgehead atoms. The maximum Gasteiger partial charge on any atom is 0.251 e. The lowest BCUT2D eigenvalue weighted by Gasteiger charge is -2.18. The van der Waals surface area contributed by atoms with Gasteiger partial charge >= 0.3 is 0 Å². The molecule has 7 nitrogen and oxygen atoms in total. The van der Waals surface area contributed by atoms with Gasteiger partial charge in [0, 0.05) is 34.5 Å². The van der Waals surface area contributed by atoms with Gasteiger partial charge in [-0.1, -0.05) is 35.3 Å². The number of halogens is 3. The zero-order valence-corrected chi connectivity index (χ0v) is 19.5. The fourth-order valence-corrected chi connectivity index (χ4v) is 4.22. The maximum atomic E-state index is 14.0. The Labute approximate surface area is 204 Å². The number of nitrogens with one attached hydrogen (secondary N) is 1. The van der Waals surface area contributed by atoms with E-state index < -0.39 is 11.9 Å². The monoisotopic (exact) mass is 503 g/mol. The number of fused-ring (bicyclic) bond motifs is 1. The number of rotatable bonds is 7. The number of aromatic nitrogens is 1. The summed E-state index contributed by atoms with van der Waals surface area (Å²) in [6.45, 7) is 1.70. The summed E-state index contributed by atoms with van der Waals surface area (Å²) in [7, 11) is 0. The number of carbonyl (C=O) groups excluding carboxylic acids is 1. The Bertz CT molecular complexity index is 1360. The van der Waals surface area contributed by atoms with Crippen LogP contribution in [0.1, 0.15) is 28.9 Å². The summed E-state index contributed by atoms with van der Waals surface area (Å²) in [5, 5.41) is 12.2. The van der Waals surface area contributed by atoms with Crippen molar-refractivity contribution in [3.8, 4) is 16.9 Å². The summed E-state index contributed by atoms with van der Waals surface area (Å²) in [5.41, 5.74) is 8.63. The molecule has 0 unspecified atom stereocenters. The van der Waals surface area contributed by atoms with Crippen LogP contribution >= 0.6 is 23.2 Å². The number of ether oxygens (including phenoxy) is 1. The molecule has 4 aromatic rings. The van der Waals surface area contributed by atoms with Crippen LogP contribution in [-0.4, -0.2) is 29.1 Å². The molecule has 0 fully saturated rings. The topological polar surface area (TPSA) is 111 Å². The molecule has 0 aliphatic carbocycles. The summed E-state index contributed by atoms with van der Waals surface area (Å²) in [6, 6.07) is 9.45. The molecule has 34 heavy (non-hydrogen) atoms. The number of hydrogen-bond donors (Lipinski definition) is 3. The lowest BCUT2D eigenvalue weighted by atomic mass is 10.0. The second kappa shape index (κ2) is 9.89. The van der Waals surface area contributed by atoms with E-state index in [4.69, 9.17) is 43.2 Å². The molecule has 176 valence electrons. The largest absolute Gasteiger partial charge is 0.478 e. The highest BCUT2D eigenvalue weighted by Gasteiger charge is 2.23. The van der Waals surface area contributed by atoms with E-state index in [2.05, 4.69) is 10.3 Å². The minimum absolute atomic E-state index is 0.0831. The van der Waals surface area contributed by atoms with Crippen LogP contribution in [-0.2, 0) is 0 Å². The predicted molar refractivity (Wildman–Crippen MR) is 129 cm³/mol. The number of pyridine rings is 1. The van der Waals surface area contributed by atoms with Gasteiger partial charge in [0.05, 0.1) is 23.3 Å². The number of carbonyl (C=O) groups is 1. The fraction of sp³-hybridized carbons (Fsp3) is 0.167. The Morgan fingerprint density at radius 3 is 2.71 bits per heavy atom. The molecule has 0 spiro atoms. The van der Waals surface area contributed by atoms with Gasteiger partial charge in [-0.05, 0) is 36.8 Å². The number of nitrogens with two attached hydrogens (primary N) is 1. The zero-order chi connectivity index (χ0) is 24.4. The molecular formula is C24H20Cl2FN3O4. The van der Waals surface area contributed by atoms with Gasteiger partial charge in [0.15, 0.2) is 11.4 Å². The van der Waals surface area contributed by atoms with E-state index in [0.29, 0.717) is 22.1 Å². The van der Waals surface area contributed by atoms with Crippen molar-refractivity contribution in [2.24, 2.45) is 0 Å². The summed E-state index contributed by atoms with van der Waals surface area (Å²) in [6.07, 6.45) is 2.34. The predicted octanol–water partition coefficient (Wildman–Crippen LogP) is 5.39. The molecule has 2 aromatic carbocycles. The minimum Gasteiger partial charge on any atom is -0.478 e. The van der Waals surface area contributed by atoms with Crippen molar-refractivity contribution < 1.29 is 23.4 Å². The van der Waals surface area contributed by atoms with Crippen molar-refractivity contribution in [1.29, 1.82) is 0 Å². The molecule has 0 aliphatic rings. The highest BCUT2D eigenvalue weighted by Crippen LogP contribution is 2.41. The van der Waals surface area contributed by atoms with Crippen LogP contribution in [0, 0.1) is 5.82 Å². The summed E-state index contributed by atoms with van der Waals surface area (Å²) < 4.78 is 25.8. The van der Waals surface area contributed by atoms with E-state index in [1.807, 2.05) is 0 Å². The number of benzene rings is 2. The summed E-state index contributed by atoms with van der Waals surface area (Å²) >= 11 is 12.3. The van der Waals surface area contributed by atoms with E-state index in [9.17, 15) is 9.18 Å². The molecule has 1 amide bonds. The molecule has 0 radical (unpaired) electrons. The number of amides is 1. The Hall–Kier alpha value is -3.33. The molecule has 2 heterocycles. The minimum atomic E-state index is -0.754. The number of aliphatic hydroxyl groups excluding tert-OH is 1. The number of nitrogens with zero attached hydrogens (tertiary/aromatic N) is 1. The van der Waals surface area contributed by atoms with Crippen LogP contribution in [0.4, 0.5) is 10.2 Å². The lowest BCUT2D eigenvalue weighted by Crippen LogP contribution is -2.26. The average molecular weight is 504 g/mol. The standard InChI is InChI=1S/C24H20Cl2FN3O4/c1-12(19-17(25)6-7-18(27)20(19)26)34-22-21-15(10-30-23(22)28)16(11-33-21)13-2-4-14(5-3-13)24(32)29-8-9-31/h2-7,10-12,31H,8-9H2,1H3,(H2,28,30)(H,29,32)/t12-/m1/s1. The van der Waals surface area contributed by atoms with Crippen LogP contribution in [0.15, 0.2) is 53.3 Å². The third kappa shape index (κ3) is 4.52. The fourth-order valence-electron chi connectivity index (χ4n) is 3.54. The van der Waals surface area contributed by atoms with Gasteiger partial charge < -0.3 is 25.3 Å². The van der Waals surface area contributed by atoms with Crippen molar-refractivity contribution in [3.05, 3.63) is 75.8 Å². The van der Waals surface area contributed by atoms with Gasteiger partial charge in [-0.2, -0.15) is 0 Å². The zero-order valence-electron chi connectivity index (χ0n) is 17.9. The third-order valence-electron chi connectivity index (χ3n) is 5.24. The lowest BCUT2D eigenvalue weighted by molar-refractivity contribution is 0.0945. The van der Waals surface area contributed by atoms with Crippen LogP contribution < -0.4 is 15.8 Å². The number of aliphatic hydroxyl groups is 1. The van der Waals surface area contributed by atoms with Gasteiger partial charge in [-0.25, -0.2) is 9.37 Å². The van der Waals surface area contributed by atoms with Crippen LogP contribution in [0.5, 0.6) is 5.75 Å². The molecule has 4 N–H and O–H groups in total. The van der Waals surface area contributed by atoms with Crippen molar-refractivity contribution in [2.75, 3.05) is 18.9 Å². The second-order valence-corrected chi connectivity index (χ2v) is 8.22. The number of furan rings is 1. The SMILES string of the molecule is C[C@@H](Oc1c(N)ncc2c(-c3ccc(C(=O)NCCO)cc3)coc12)c1c(Cl)ccc(F)c1Cl. The molecule has 2 aromatic heterocycles. The molecule has 1 atom stereocenters. The average Bonchev–Trinajstić information content (AvgIpc) is 3.26. The first-order valence-corrected chi connectivity index (χ1v) is 11.0. The first-order valence-electron chi connectivity index (χ1n) is 10.3. The van der Waals surface area contributed by atoms with Crippen molar-refractivity contribution >= 4 is 45.9 Å². The summed E-state index contributed by atoms with van der Waals surface area (Å²) in [4.78, 5) is 16.3. The van der Waals surface area contributed by atoms with E-state index in [-0.39, 0.29) is 46.2 Å². The van der Waals surface area contributed by atoms with E-state index in [1.165, 1.54) is 18.4 Å². The highest BCUT2D eigenvalue weighted by molar-refractivity contribution is 6.36. The molecular weight excluding hydrogens is 484 g/mol. The third-order valence-corrected chi connectivity index (χ3v) is 5.95. The molecule has 0 aliphatic heterocycles. The Balaban J connectivity index is 1.67. The Morgan fingerprint density at radius 1 is 1.26 bits per heavy atom. The number of hydrogen-bond acceptors (Lipinski definition) is 6. The van der Waals surface area contributed by atoms with Crippen molar-refractivity contribution in [3.63, 3.8) is 0 Å². The maximum absolute atomic E-state index is 14.0. The second-order valence-electron chi connectivity index (χ2n) is 7.44. The number of anilines is 1. The van der Waals surface area contributed by atoms with Crippen LogP contribution in [0.2, 0.25) is 10.0 Å². The van der Waals surface area contributed by atoms with Gasteiger partial charge in [0.2, 0.25) is 5.75 Å². The van der Waals surface area contributed by atoms with Crippen molar-refractivity contribution in [1.82, 2.24) is 10.3 Å². The van der Waals surface area contributed by atoms with E-state index in [0.717, 1.165) is 5.56 Å².